The quantitative estimate of drug-likeness (QED) is 0.163. The number of methoxy groups -OCH3 is 1. The van der Waals surface area contributed by atoms with Gasteiger partial charge in [0.25, 0.3) is 0 Å². The van der Waals surface area contributed by atoms with Crippen LogP contribution >= 0.6 is 0 Å². The number of hydrogen-bond acceptors (Lipinski definition) is 10. The third-order valence-corrected chi connectivity index (χ3v) is 11.0. The highest BCUT2D eigenvalue weighted by atomic mass is 19.4. The van der Waals surface area contributed by atoms with Gasteiger partial charge in [0.15, 0.2) is 17.3 Å². The number of ether oxygens (including phenoxy) is 2. The van der Waals surface area contributed by atoms with Gasteiger partial charge in [-0.15, -0.1) is 0 Å². The van der Waals surface area contributed by atoms with Crippen molar-refractivity contribution >= 4 is 28.6 Å². The van der Waals surface area contributed by atoms with Crippen LogP contribution in [0, 0.1) is 10.8 Å². The van der Waals surface area contributed by atoms with Crippen LogP contribution in [-0.4, -0.2) is 93.7 Å². The van der Waals surface area contributed by atoms with Crippen LogP contribution < -0.4 is 9.80 Å². The number of carboxylic acids is 1. The molecule has 4 aromatic heterocycles. The molecule has 1 atom stereocenters. The summed E-state index contributed by atoms with van der Waals surface area (Å²) in [6.07, 6.45) is 7.39. The average Bonchev–Trinajstić information content (AvgIpc) is 3.90. The molecule has 1 unspecified atom stereocenters. The predicted octanol–water partition coefficient (Wildman–Crippen LogP) is 6.91. The van der Waals surface area contributed by atoms with E-state index in [0.29, 0.717) is 66.9 Å². The molecular weight excluding hydrogens is 689 g/mol. The van der Waals surface area contributed by atoms with E-state index in [1.165, 1.54) is 6.42 Å². The highest BCUT2D eigenvalue weighted by Crippen LogP contribution is 2.44. The number of piperidine rings is 1. The van der Waals surface area contributed by atoms with Crippen LogP contribution in [-0.2, 0) is 20.4 Å². The van der Waals surface area contributed by atoms with E-state index in [1.54, 1.807) is 36.3 Å². The minimum atomic E-state index is -4.67. The molecule has 284 valence electrons. The Morgan fingerprint density at radius 3 is 2.47 bits per heavy atom. The van der Waals surface area contributed by atoms with Gasteiger partial charge in [-0.25, -0.2) is 29.7 Å². The van der Waals surface area contributed by atoms with E-state index in [-0.39, 0.29) is 29.7 Å². The van der Waals surface area contributed by atoms with Crippen LogP contribution in [0.2, 0.25) is 0 Å². The van der Waals surface area contributed by atoms with E-state index in [9.17, 15) is 23.1 Å². The zero-order chi connectivity index (χ0) is 37.5. The van der Waals surface area contributed by atoms with Crippen LogP contribution in [0.25, 0.3) is 28.4 Å². The molecule has 2 aliphatic carbocycles. The summed E-state index contributed by atoms with van der Waals surface area (Å²) in [5.41, 5.74) is 1.27. The Bertz CT molecular complexity index is 1950. The van der Waals surface area contributed by atoms with Crippen LogP contribution in [0.3, 0.4) is 0 Å². The molecule has 1 N–H and O–H groups in total. The maximum absolute atomic E-state index is 14.5. The summed E-state index contributed by atoms with van der Waals surface area (Å²) in [5, 5.41) is 9.23. The second kappa shape index (κ2) is 14.5. The Morgan fingerprint density at radius 2 is 1.79 bits per heavy atom. The SMILES string of the molecule is COCC1(CN(C)c2ccnc3nc(-c4nccnc4N4CCC(OCC(=O)O)C(C)(C)C4)n(-c4cc(C5CC5)nc(C(F)(F)F)c4)c23)CCCCC1. The van der Waals surface area contributed by atoms with Crippen LogP contribution in [0.1, 0.15) is 82.5 Å². The van der Waals surface area contributed by atoms with Crippen LogP contribution in [0.5, 0.6) is 0 Å². The second-order valence-corrected chi connectivity index (χ2v) is 15.7. The number of carboxylic acid groups (broad SMARTS) is 1. The van der Waals surface area contributed by atoms with Crippen LogP contribution in [0.4, 0.5) is 24.7 Å². The summed E-state index contributed by atoms with van der Waals surface area (Å²) in [4.78, 5) is 38.8. The first kappa shape index (κ1) is 37.0. The van der Waals surface area contributed by atoms with E-state index < -0.39 is 23.3 Å². The number of nitrogens with zero attached hydrogens (tertiary/aromatic N) is 8. The van der Waals surface area contributed by atoms with Crippen molar-refractivity contribution in [2.45, 2.75) is 83.4 Å². The Hall–Kier alpha value is -4.37. The number of alkyl halides is 3. The first-order chi connectivity index (χ1) is 25.3. The minimum absolute atomic E-state index is 0.0475. The normalized spacial score (nSPS) is 20.1. The molecule has 0 aromatic carbocycles. The van der Waals surface area contributed by atoms with Gasteiger partial charge in [0.2, 0.25) is 0 Å². The number of halogens is 3. The molecule has 1 saturated heterocycles. The first-order valence-corrected chi connectivity index (χ1v) is 18.4. The highest BCUT2D eigenvalue weighted by molar-refractivity contribution is 5.92. The average molecular weight is 737 g/mol. The maximum Gasteiger partial charge on any atom is 0.433 e. The zero-order valence-corrected chi connectivity index (χ0v) is 30.7. The van der Waals surface area contributed by atoms with E-state index in [2.05, 4.69) is 19.8 Å². The summed E-state index contributed by atoms with van der Waals surface area (Å²) < 4.78 is 56.8. The lowest BCUT2D eigenvalue weighted by Gasteiger charge is -2.44. The van der Waals surface area contributed by atoms with Crippen molar-refractivity contribution in [2.75, 3.05) is 56.8 Å². The molecule has 7 rings (SSSR count). The Morgan fingerprint density at radius 1 is 1.04 bits per heavy atom. The van der Waals surface area contributed by atoms with E-state index in [4.69, 9.17) is 24.4 Å². The molecule has 0 bridgehead atoms. The van der Waals surface area contributed by atoms with Gasteiger partial charge in [0.05, 0.1) is 24.1 Å². The fourth-order valence-corrected chi connectivity index (χ4v) is 8.37. The highest BCUT2D eigenvalue weighted by Gasteiger charge is 2.40. The number of fused-ring (bicyclic) bond motifs is 1. The summed E-state index contributed by atoms with van der Waals surface area (Å²) in [6, 6.07) is 4.72. The number of anilines is 2. The van der Waals surface area contributed by atoms with Crippen LogP contribution in [0.15, 0.2) is 36.8 Å². The number of aromatic nitrogens is 6. The summed E-state index contributed by atoms with van der Waals surface area (Å²) in [6.45, 7) is 5.89. The van der Waals surface area contributed by atoms with Crippen molar-refractivity contribution in [3.8, 4) is 17.2 Å². The topological polar surface area (TPSA) is 132 Å². The largest absolute Gasteiger partial charge is 0.480 e. The molecule has 1 aliphatic heterocycles. The number of imidazole rings is 1. The van der Waals surface area contributed by atoms with Gasteiger partial charge in [-0.1, -0.05) is 33.1 Å². The molecular formula is C38H47F3N8O4. The van der Waals surface area contributed by atoms with E-state index >= 15 is 0 Å². The van der Waals surface area contributed by atoms with Crippen molar-refractivity contribution in [3.05, 3.63) is 48.2 Å². The lowest BCUT2D eigenvalue weighted by Crippen LogP contribution is -2.50. The van der Waals surface area contributed by atoms with E-state index in [1.807, 2.05) is 27.0 Å². The molecule has 0 radical (unpaired) electrons. The summed E-state index contributed by atoms with van der Waals surface area (Å²) >= 11 is 0. The molecule has 0 amide bonds. The Kier molecular flexibility index (Phi) is 10.1. The van der Waals surface area contributed by atoms with Gasteiger partial charge in [-0.3, -0.25) is 4.57 Å². The fraction of sp³-hybridized carbons (Fsp3) is 0.579. The fourth-order valence-electron chi connectivity index (χ4n) is 8.37. The molecule has 0 spiro atoms. The van der Waals surface area contributed by atoms with Crippen molar-refractivity contribution < 1.29 is 32.5 Å². The maximum atomic E-state index is 14.5. The van der Waals surface area contributed by atoms with Gasteiger partial charge in [-0.2, -0.15) is 13.2 Å². The first-order valence-electron chi connectivity index (χ1n) is 18.4. The molecule has 3 fully saturated rings. The molecule has 3 aliphatic rings. The molecule has 53 heavy (non-hydrogen) atoms. The van der Waals surface area contributed by atoms with Gasteiger partial charge >= 0.3 is 12.1 Å². The third kappa shape index (κ3) is 7.68. The third-order valence-electron chi connectivity index (χ3n) is 11.0. The number of hydrogen-bond donors (Lipinski definition) is 1. The van der Waals surface area contributed by atoms with Gasteiger partial charge in [0, 0.05) is 74.8 Å². The van der Waals surface area contributed by atoms with Gasteiger partial charge < -0.3 is 24.4 Å². The molecule has 2 saturated carbocycles. The second-order valence-electron chi connectivity index (χ2n) is 15.7. The lowest BCUT2D eigenvalue weighted by molar-refractivity contribution is -0.147. The smallest absolute Gasteiger partial charge is 0.433 e. The Balaban J connectivity index is 1.39. The molecule has 15 heteroatoms. The van der Waals surface area contributed by atoms with Crippen molar-refractivity contribution in [2.24, 2.45) is 10.8 Å². The van der Waals surface area contributed by atoms with Crippen molar-refractivity contribution in [3.63, 3.8) is 0 Å². The van der Waals surface area contributed by atoms with Crippen molar-refractivity contribution in [1.29, 1.82) is 0 Å². The Labute approximate surface area is 306 Å². The van der Waals surface area contributed by atoms with Gasteiger partial charge in [0.1, 0.15) is 23.5 Å². The molecule has 5 heterocycles. The number of aliphatic carboxylic acids is 1. The number of carbonyl (C=O) groups is 1. The minimum Gasteiger partial charge on any atom is -0.480 e. The molecule has 4 aromatic rings. The summed E-state index contributed by atoms with van der Waals surface area (Å²) in [5.74, 6) is -0.255. The van der Waals surface area contributed by atoms with Gasteiger partial charge in [-0.05, 0) is 50.3 Å². The predicted molar refractivity (Wildman–Crippen MR) is 193 cm³/mol. The summed E-state index contributed by atoms with van der Waals surface area (Å²) in [7, 11) is 3.74. The molecule has 12 nitrogen and oxygen atoms in total. The number of rotatable bonds is 12. The van der Waals surface area contributed by atoms with E-state index in [0.717, 1.165) is 50.3 Å². The monoisotopic (exact) mass is 736 g/mol. The number of pyridine rings is 2. The van der Waals surface area contributed by atoms with Crippen molar-refractivity contribution in [1.82, 2.24) is 29.5 Å². The zero-order valence-electron chi connectivity index (χ0n) is 30.7. The standard InChI is InChI=1S/C38H47F3N8O4/c1-36(2)21-48(17-11-29(36)53-20-30(50)51)34-31(42-15-16-44-34)35-46-33-32(49(35)25-18-26(24-8-9-24)45-28(19-25)38(39,40)41)27(10-14-43-33)47(3)22-37(23-52-4)12-6-5-7-13-37/h10,14-16,18-19,24,29H,5-9,11-13,17,20-23H2,1-4H3,(H,50,51). The lowest BCUT2D eigenvalue weighted by atomic mass is 9.74.